The first-order chi connectivity index (χ1) is 13.7. The fraction of sp³-hybridized carbons (Fsp3) is 0.350. The molecule has 1 aliphatic rings. The minimum absolute atomic E-state index is 0.0331. The van der Waals surface area contributed by atoms with Crippen LogP contribution in [0.4, 0.5) is 10.5 Å². The molecule has 0 bridgehead atoms. The maximum atomic E-state index is 12.4. The molecule has 4 rings (SSSR count). The third-order valence-corrected chi connectivity index (χ3v) is 5.13. The molecule has 1 saturated carbocycles. The molecule has 1 aliphatic carbocycles. The van der Waals surface area contributed by atoms with Crippen LogP contribution in [0.2, 0.25) is 0 Å². The molecule has 0 atom stereocenters. The van der Waals surface area contributed by atoms with Crippen LogP contribution in [-0.2, 0) is 9.53 Å². The summed E-state index contributed by atoms with van der Waals surface area (Å²) in [5.41, 5.74) is 2.08. The number of carbonyl (C=O) groups excluding carboxylic acids is 2. The van der Waals surface area contributed by atoms with Crippen molar-refractivity contribution >= 4 is 51.3 Å². The molecule has 29 heavy (non-hydrogen) atoms. The maximum absolute atomic E-state index is 12.4. The van der Waals surface area contributed by atoms with Gasteiger partial charge in [-0.15, -0.1) is 4.68 Å². The summed E-state index contributed by atoms with van der Waals surface area (Å²) in [6.45, 7) is 5.40. The van der Waals surface area contributed by atoms with Crippen LogP contribution in [0.5, 0.6) is 0 Å². The molecule has 1 fully saturated rings. The molecule has 0 saturated heterocycles. The van der Waals surface area contributed by atoms with E-state index in [0.717, 1.165) is 29.4 Å². The molecule has 0 radical (unpaired) electrons. The van der Waals surface area contributed by atoms with E-state index < -0.39 is 11.7 Å². The van der Waals surface area contributed by atoms with E-state index in [1.165, 1.54) is 4.68 Å². The highest BCUT2D eigenvalue weighted by Crippen LogP contribution is 2.31. The van der Waals surface area contributed by atoms with Crippen LogP contribution in [0.25, 0.3) is 22.2 Å². The van der Waals surface area contributed by atoms with E-state index >= 15 is 0 Å². The van der Waals surface area contributed by atoms with Gasteiger partial charge >= 0.3 is 6.09 Å². The van der Waals surface area contributed by atoms with Crippen LogP contribution in [0.15, 0.2) is 30.7 Å². The van der Waals surface area contributed by atoms with Gasteiger partial charge < -0.3 is 10.1 Å². The average Bonchev–Trinajstić information content (AvgIpc) is 3.45. The quantitative estimate of drug-likeness (QED) is 0.535. The van der Waals surface area contributed by atoms with E-state index in [0.29, 0.717) is 15.0 Å². The summed E-state index contributed by atoms with van der Waals surface area (Å²) in [6.07, 6.45) is 6.31. The number of hydrogen-bond acceptors (Lipinski definition) is 6. The molecule has 8 nitrogen and oxygen atoms in total. The Morgan fingerprint density at radius 1 is 1.17 bits per heavy atom. The number of nitrogens with zero attached hydrogens (tertiary/aromatic N) is 4. The Bertz CT molecular complexity index is 1110. The standard InChI is InChI=1S/C20H20IN5O3/c1-20(2,3)29-19(28)26-17-15(16(21)25-26)7-13(9-23-17)12-6-14(10-22-8-12)24-18(27)11-4-5-11/h6-11H,4-5H2,1-3H3,(H,24,27). The lowest BCUT2D eigenvalue weighted by atomic mass is 10.1. The molecule has 0 spiro atoms. The normalized spacial score (nSPS) is 14.1. The van der Waals surface area contributed by atoms with Crippen molar-refractivity contribution in [2.75, 3.05) is 5.32 Å². The fourth-order valence-corrected chi connectivity index (χ4v) is 3.43. The Morgan fingerprint density at radius 2 is 1.90 bits per heavy atom. The van der Waals surface area contributed by atoms with E-state index in [1.54, 1.807) is 39.4 Å². The van der Waals surface area contributed by atoms with Gasteiger partial charge in [-0.25, -0.2) is 9.78 Å². The van der Waals surface area contributed by atoms with E-state index in [-0.39, 0.29) is 11.8 Å². The molecule has 150 valence electrons. The van der Waals surface area contributed by atoms with Gasteiger partial charge in [-0.2, -0.15) is 5.10 Å². The van der Waals surface area contributed by atoms with E-state index in [4.69, 9.17) is 4.74 Å². The summed E-state index contributed by atoms with van der Waals surface area (Å²) in [5, 5.41) is 7.93. The first-order valence-electron chi connectivity index (χ1n) is 9.25. The van der Waals surface area contributed by atoms with Crippen molar-refractivity contribution in [1.82, 2.24) is 19.7 Å². The minimum Gasteiger partial charge on any atom is -0.442 e. The lowest BCUT2D eigenvalue weighted by Crippen LogP contribution is -2.27. The van der Waals surface area contributed by atoms with Crippen molar-refractivity contribution in [3.05, 3.63) is 34.4 Å². The number of anilines is 1. The Balaban J connectivity index is 1.65. The largest absolute Gasteiger partial charge is 0.442 e. The molecular weight excluding hydrogens is 485 g/mol. The zero-order valence-corrected chi connectivity index (χ0v) is 18.4. The highest BCUT2D eigenvalue weighted by Gasteiger charge is 2.29. The fourth-order valence-electron chi connectivity index (χ4n) is 2.81. The van der Waals surface area contributed by atoms with Gasteiger partial charge in [0.15, 0.2) is 5.65 Å². The van der Waals surface area contributed by atoms with Crippen LogP contribution in [-0.4, -0.2) is 37.3 Å². The number of hydrogen-bond donors (Lipinski definition) is 1. The first-order valence-corrected chi connectivity index (χ1v) is 10.3. The van der Waals surface area contributed by atoms with Gasteiger partial charge in [0.2, 0.25) is 5.91 Å². The second-order valence-corrected chi connectivity index (χ2v) is 9.03. The van der Waals surface area contributed by atoms with Crippen molar-refractivity contribution in [2.45, 2.75) is 39.2 Å². The smallest absolute Gasteiger partial charge is 0.437 e. The zero-order valence-electron chi connectivity index (χ0n) is 16.3. The molecule has 1 N–H and O–H groups in total. The molecule has 9 heteroatoms. The van der Waals surface area contributed by atoms with E-state index in [2.05, 4.69) is 43.0 Å². The second-order valence-electron chi connectivity index (χ2n) is 8.00. The predicted molar refractivity (Wildman–Crippen MR) is 116 cm³/mol. The lowest BCUT2D eigenvalue weighted by Gasteiger charge is -2.18. The molecular formula is C20H20IN5O3. The van der Waals surface area contributed by atoms with Gasteiger partial charge in [0.25, 0.3) is 0 Å². The SMILES string of the molecule is CC(C)(C)OC(=O)n1nc(I)c2cc(-c3cncc(NC(=O)C4CC4)c3)cnc21. The van der Waals surface area contributed by atoms with Crippen LogP contribution in [0, 0.1) is 9.62 Å². The number of ether oxygens (including phenoxy) is 1. The summed E-state index contributed by atoms with van der Waals surface area (Å²) < 4.78 is 7.22. The average molecular weight is 505 g/mol. The number of fused-ring (bicyclic) bond motifs is 1. The van der Waals surface area contributed by atoms with Crippen molar-refractivity contribution < 1.29 is 14.3 Å². The van der Waals surface area contributed by atoms with Crippen LogP contribution >= 0.6 is 22.6 Å². The number of amides is 1. The lowest BCUT2D eigenvalue weighted by molar-refractivity contribution is -0.117. The van der Waals surface area contributed by atoms with Gasteiger partial charge in [-0.3, -0.25) is 9.78 Å². The maximum Gasteiger partial charge on any atom is 0.437 e. The monoisotopic (exact) mass is 505 g/mol. The highest BCUT2D eigenvalue weighted by atomic mass is 127. The molecule has 3 aromatic heterocycles. The number of halogens is 1. The van der Waals surface area contributed by atoms with E-state index in [1.807, 2.05) is 12.1 Å². The zero-order chi connectivity index (χ0) is 20.8. The van der Waals surface area contributed by atoms with Crippen LogP contribution < -0.4 is 5.32 Å². The Labute approximate surface area is 181 Å². The van der Waals surface area contributed by atoms with Crippen LogP contribution in [0.3, 0.4) is 0 Å². The van der Waals surface area contributed by atoms with Crippen LogP contribution in [0.1, 0.15) is 33.6 Å². The topological polar surface area (TPSA) is 99.0 Å². The summed E-state index contributed by atoms with van der Waals surface area (Å²) in [4.78, 5) is 33.1. The number of pyridine rings is 2. The number of rotatable bonds is 3. The Hall–Kier alpha value is -2.56. The molecule has 0 unspecified atom stereocenters. The molecule has 1 amide bonds. The van der Waals surface area contributed by atoms with Gasteiger partial charge in [-0.1, -0.05) is 0 Å². The minimum atomic E-state index is -0.627. The summed E-state index contributed by atoms with van der Waals surface area (Å²) in [6, 6.07) is 3.77. The highest BCUT2D eigenvalue weighted by molar-refractivity contribution is 14.1. The third kappa shape index (κ3) is 4.39. The third-order valence-electron chi connectivity index (χ3n) is 4.33. The molecule has 0 aliphatic heterocycles. The van der Waals surface area contributed by atoms with Crippen molar-refractivity contribution in [3.8, 4) is 11.1 Å². The number of aromatic nitrogens is 4. The Kier molecular flexibility index (Phi) is 5.01. The van der Waals surface area contributed by atoms with Crippen molar-refractivity contribution in [1.29, 1.82) is 0 Å². The number of carbonyl (C=O) groups is 2. The van der Waals surface area contributed by atoms with Gasteiger partial charge in [0.05, 0.1) is 17.3 Å². The molecule has 3 heterocycles. The van der Waals surface area contributed by atoms with Gasteiger partial charge in [-0.05, 0) is 68.3 Å². The molecule has 0 aromatic carbocycles. The predicted octanol–water partition coefficient (Wildman–Crippen LogP) is 4.23. The summed E-state index contributed by atoms with van der Waals surface area (Å²) in [5.74, 6) is 0.155. The van der Waals surface area contributed by atoms with Gasteiger partial charge in [0.1, 0.15) is 9.30 Å². The first kappa shape index (κ1) is 19.7. The van der Waals surface area contributed by atoms with Crippen molar-refractivity contribution in [2.24, 2.45) is 5.92 Å². The number of nitrogens with one attached hydrogen (secondary N) is 1. The molecule has 3 aromatic rings. The van der Waals surface area contributed by atoms with Crippen molar-refractivity contribution in [3.63, 3.8) is 0 Å². The van der Waals surface area contributed by atoms with Gasteiger partial charge in [0, 0.05) is 29.4 Å². The van der Waals surface area contributed by atoms with E-state index in [9.17, 15) is 9.59 Å². The summed E-state index contributed by atoms with van der Waals surface area (Å²) in [7, 11) is 0. The second kappa shape index (κ2) is 7.36. The Morgan fingerprint density at radius 3 is 2.59 bits per heavy atom. The summed E-state index contributed by atoms with van der Waals surface area (Å²) >= 11 is 2.07.